The molecule has 10 heteroatoms. The standard InChI is InChI=1S/C25H23N5O5/c31-21-10-9-19(23(32)27-21)30-13-15-11-14(5-8-17(15)24(30)33)12-26-25-28-22(29-35-25)18-3-1-2-4-20(18)34-16-6-7-16/h1-5,8,11,16,19H,6-7,9-10,12-13H2,(H,26,28,29)(H,27,31,32). The molecule has 1 aliphatic carbocycles. The Balaban J connectivity index is 1.12. The number of nitrogens with zero attached hydrogens (tertiary/aromatic N) is 3. The predicted octanol–water partition coefficient (Wildman–Crippen LogP) is 2.65. The van der Waals surface area contributed by atoms with Gasteiger partial charge in [0.15, 0.2) is 0 Å². The second kappa shape index (κ2) is 8.53. The smallest absolute Gasteiger partial charge is 0.322 e. The first-order valence-electron chi connectivity index (χ1n) is 11.7. The van der Waals surface area contributed by atoms with Gasteiger partial charge in [0, 0.05) is 25.1 Å². The number of hydrogen-bond acceptors (Lipinski definition) is 8. The zero-order valence-corrected chi connectivity index (χ0v) is 18.8. The Morgan fingerprint density at radius 3 is 2.77 bits per heavy atom. The van der Waals surface area contributed by atoms with Crippen molar-refractivity contribution in [2.45, 2.75) is 50.9 Å². The molecule has 6 rings (SSSR count). The molecule has 1 saturated heterocycles. The van der Waals surface area contributed by atoms with E-state index in [9.17, 15) is 14.4 Å². The predicted molar refractivity (Wildman–Crippen MR) is 123 cm³/mol. The van der Waals surface area contributed by atoms with E-state index in [-0.39, 0.29) is 30.4 Å². The molecule has 3 aliphatic rings. The van der Waals surface area contributed by atoms with E-state index in [4.69, 9.17) is 9.26 Å². The van der Waals surface area contributed by atoms with Crippen molar-refractivity contribution in [2.75, 3.05) is 5.32 Å². The average Bonchev–Trinajstić information content (AvgIpc) is 3.44. The van der Waals surface area contributed by atoms with Crippen LogP contribution >= 0.6 is 0 Å². The van der Waals surface area contributed by atoms with Gasteiger partial charge in [-0.2, -0.15) is 4.98 Å². The maximum absolute atomic E-state index is 12.9. The molecule has 178 valence electrons. The summed E-state index contributed by atoms with van der Waals surface area (Å²) in [7, 11) is 0. The summed E-state index contributed by atoms with van der Waals surface area (Å²) in [6.07, 6.45) is 2.96. The third kappa shape index (κ3) is 4.23. The number of anilines is 1. The molecule has 3 heterocycles. The summed E-state index contributed by atoms with van der Waals surface area (Å²) in [6.45, 7) is 0.749. The molecule has 1 unspecified atom stereocenters. The Labute approximate surface area is 200 Å². The fourth-order valence-corrected chi connectivity index (χ4v) is 4.44. The molecule has 1 atom stereocenters. The fourth-order valence-electron chi connectivity index (χ4n) is 4.44. The first kappa shape index (κ1) is 21.3. The van der Waals surface area contributed by atoms with Gasteiger partial charge in [0.05, 0.1) is 11.7 Å². The van der Waals surface area contributed by atoms with E-state index in [0.29, 0.717) is 30.9 Å². The molecule has 2 aromatic carbocycles. The highest BCUT2D eigenvalue weighted by atomic mass is 16.5. The molecule has 0 spiro atoms. The van der Waals surface area contributed by atoms with E-state index in [2.05, 4.69) is 20.8 Å². The number of nitrogens with one attached hydrogen (secondary N) is 2. The normalized spacial score (nSPS) is 19.5. The van der Waals surface area contributed by atoms with Crippen LogP contribution in [0.25, 0.3) is 11.4 Å². The third-order valence-electron chi connectivity index (χ3n) is 6.40. The highest BCUT2D eigenvalue weighted by Crippen LogP contribution is 2.34. The van der Waals surface area contributed by atoms with Crippen LogP contribution in [0.3, 0.4) is 0 Å². The summed E-state index contributed by atoms with van der Waals surface area (Å²) in [4.78, 5) is 42.5. The second-order valence-corrected chi connectivity index (χ2v) is 8.98. The van der Waals surface area contributed by atoms with Gasteiger partial charge in [0.25, 0.3) is 5.91 Å². The van der Waals surface area contributed by atoms with Crippen LogP contribution in [0.1, 0.15) is 47.2 Å². The molecule has 35 heavy (non-hydrogen) atoms. The molecule has 3 amide bonds. The SMILES string of the molecule is O=C1CCC(N2Cc3cc(CNc4nc(-c5ccccc5OC5CC5)no4)ccc3C2=O)C(=O)N1. The zero-order chi connectivity index (χ0) is 23.9. The lowest BCUT2D eigenvalue weighted by Gasteiger charge is -2.29. The van der Waals surface area contributed by atoms with Crippen molar-refractivity contribution in [3.05, 3.63) is 59.2 Å². The zero-order valence-electron chi connectivity index (χ0n) is 18.8. The molecule has 0 radical (unpaired) electrons. The highest BCUT2D eigenvalue weighted by molar-refractivity contribution is 6.05. The summed E-state index contributed by atoms with van der Waals surface area (Å²) >= 11 is 0. The fraction of sp³-hybridized carbons (Fsp3) is 0.320. The van der Waals surface area contributed by atoms with Crippen LogP contribution < -0.4 is 15.4 Å². The quantitative estimate of drug-likeness (QED) is 0.502. The van der Waals surface area contributed by atoms with Crippen LogP contribution in [0.2, 0.25) is 0 Å². The molecule has 1 saturated carbocycles. The van der Waals surface area contributed by atoms with E-state index in [1.54, 1.807) is 6.07 Å². The largest absolute Gasteiger partial charge is 0.490 e. The van der Waals surface area contributed by atoms with Gasteiger partial charge >= 0.3 is 6.01 Å². The van der Waals surface area contributed by atoms with Crippen LogP contribution in [-0.2, 0) is 22.7 Å². The van der Waals surface area contributed by atoms with E-state index >= 15 is 0 Å². The minimum absolute atomic E-state index is 0.192. The van der Waals surface area contributed by atoms with Crippen molar-refractivity contribution in [2.24, 2.45) is 0 Å². The van der Waals surface area contributed by atoms with Crippen LogP contribution in [0, 0.1) is 0 Å². The van der Waals surface area contributed by atoms with Crippen molar-refractivity contribution in [1.29, 1.82) is 0 Å². The van der Waals surface area contributed by atoms with Crippen molar-refractivity contribution < 1.29 is 23.6 Å². The number of rotatable bonds is 7. The van der Waals surface area contributed by atoms with Crippen molar-refractivity contribution in [1.82, 2.24) is 20.4 Å². The Kier molecular flexibility index (Phi) is 5.20. The number of carbonyl (C=O) groups excluding carboxylic acids is 3. The molecule has 2 fully saturated rings. The lowest BCUT2D eigenvalue weighted by molar-refractivity contribution is -0.136. The maximum Gasteiger partial charge on any atom is 0.322 e. The van der Waals surface area contributed by atoms with Gasteiger partial charge in [-0.3, -0.25) is 19.7 Å². The summed E-state index contributed by atoms with van der Waals surface area (Å²) < 4.78 is 11.3. The number of fused-ring (bicyclic) bond motifs is 1. The molecular formula is C25H23N5O5. The Morgan fingerprint density at radius 2 is 1.94 bits per heavy atom. The van der Waals surface area contributed by atoms with E-state index in [1.807, 2.05) is 36.4 Å². The van der Waals surface area contributed by atoms with Crippen molar-refractivity contribution in [3.8, 4) is 17.1 Å². The van der Waals surface area contributed by atoms with Crippen LogP contribution in [0.5, 0.6) is 5.75 Å². The van der Waals surface area contributed by atoms with Crippen molar-refractivity contribution in [3.63, 3.8) is 0 Å². The summed E-state index contributed by atoms with van der Waals surface area (Å²) in [6, 6.07) is 12.8. The molecule has 0 bridgehead atoms. The van der Waals surface area contributed by atoms with Crippen LogP contribution in [0.4, 0.5) is 6.01 Å². The van der Waals surface area contributed by atoms with Crippen LogP contribution in [0.15, 0.2) is 47.0 Å². The number of imide groups is 1. The van der Waals surface area contributed by atoms with Crippen molar-refractivity contribution >= 4 is 23.7 Å². The first-order chi connectivity index (χ1) is 17.0. The topological polar surface area (TPSA) is 127 Å². The lowest BCUT2D eigenvalue weighted by Crippen LogP contribution is -2.52. The number of amides is 3. The number of para-hydroxylation sites is 1. The van der Waals surface area contributed by atoms with Gasteiger partial charge < -0.3 is 19.5 Å². The van der Waals surface area contributed by atoms with Gasteiger partial charge in [-0.15, -0.1) is 0 Å². The molecule has 3 aromatic rings. The van der Waals surface area contributed by atoms with E-state index < -0.39 is 11.9 Å². The van der Waals surface area contributed by atoms with Gasteiger partial charge in [0.2, 0.25) is 17.6 Å². The highest BCUT2D eigenvalue weighted by Gasteiger charge is 2.39. The molecule has 2 aliphatic heterocycles. The molecular weight excluding hydrogens is 450 g/mol. The number of benzene rings is 2. The van der Waals surface area contributed by atoms with Gasteiger partial charge in [-0.1, -0.05) is 29.4 Å². The Bertz CT molecular complexity index is 1330. The van der Waals surface area contributed by atoms with Crippen LogP contribution in [-0.4, -0.2) is 44.9 Å². The number of hydrogen-bond donors (Lipinski definition) is 2. The minimum Gasteiger partial charge on any atom is -0.490 e. The number of aromatic nitrogens is 2. The Morgan fingerprint density at radius 1 is 1.09 bits per heavy atom. The second-order valence-electron chi connectivity index (χ2n) is 8.98. The molecule has 10 nitrogen and oxygen atoms in total. The third-order valence-corrected chi connectivity index (χ3v) is 6.40. The number of ether oxygens (including phenoxy) is 1. The molecule has 1 aromatic heterocycles. The summed E-state index contributed by atoms with van der Waals surface area (Å²) in [5.41, 5.74) is 3.13. The van der Waals surface area contributed by atoms with Gasteiger partial charge in [0.1, 0.15) is 11.8 Å². The van der Waals surface area contributed by atoms with Gasteiger partial charge in [-0.25, -0.2) is 0 Å². The van der Waals surface area contributed by atoms with E-state index in [1.165, 1.54) is 4.90 Å². The van der Waals surface area contributed by atoms with E-state index in [0.717, 1.165) is 35.3 Å². The lowest BCUT2D eigenvalue weighted by atomic mass is 10.0. The first-order valence-corrected chi connectivity index (χ1v) is 11.7. The number of carbonyl (C=O) groups is 3. The Hall–Kier alpha value is -4.21. The van der Waals surface area contributed by atoms with Gasteiger partial charge in [-0.05, 0) is 48.6 Å². The molecule has 2 N–H and O–H groups in total. The maximum atomic E-state index is 12.9. The number of piperidine rings is 1. The summed E-state index contributed by atoms with van der Waals surface area (Å²) in [5, 5.41) is 9.54. The summed E-state index contributed by atoms with van der Waals surface area (Å²) in [5.74, 6) is 0.282. The minimum atomic E-state index is -0.627. The average molecular weight is 473 g/mol. The monoisotopic (exact) mass is 473 g/mol.